The zero-order valence-corrected chi connectivity index (χ0v) is 13.5. The van der Waals surface area contributed by atoms with E-state index in [0.717, 1.165) is 5.92 Å². The van der Waals surface area contributed by atoms with E-state index in [1.165, 1.54) is 44.1 Å². The number of nitrogens with zero attached hydrogens (tertiary/aromatic N) is 2. The minimum absolute atomic E-state index is 0.244. The topological polar surface area (TPSA) is 55.9 Å². The third-order valence-corrected chi connectivity index (χ3v) is 6.51. The Hall–Kier alpha value is -0.870. The molecule has 4 fully saturated rings. The quantitative estimate of drug-likeness (QED) is 0.664. The Bertz CT molecular complexity index is 545. The number of rotatable bonds is 3. The molecule has 1 heterocycles. The summed E-state index contributed by atoms with van der Waals surface area (Å²) in [5.41, 5.74) is 5.79. The van der Waals surface area contributed by atoms with E-state index in [2.05, 4.69) is 30.6 Å². The predicted octanol–water partition coefficient (Wildman–Crippen LogP) is 2.92. The molecular formula is C17H28N4. The fourth-order valence-corrected chi connectivity index (χ4v) is 7.07. The second-order valence-corrected chi connectivity index (χ2v) is 9.04. The van der Waals surface area contributed by atoms with Gasteiger partial charge in [0.1, 0.15) is 0 Å². The molecule has 4 aliphatic rings. The molecule has 0 aliphatic heterocycles. The number of hydrogen-bond donors (Lipinski definition) is 2. The van der Waals surface area contributed by atoms with Crippen LogP contribution in [0, 0.1) is 22.2 Å². The number of nitrogens with two attached hydrogens (primary N) is 1. The van der Waals surface area contributed by atoms with Crippen LogP contribution in [0.15, 0.2) is 12.4 Å². The number of aryl methyl sites for hydroxylation is 1. The fourth-order valence-electron chi connectivity index (χ4n) is 7.07. The van der Waals surface area contributed by atoms with Gasteiger partial charge in [-0.15, -0.1) is 0 Å². The van der Waals surface area contributed by atoms with Crippen molar-refractivity contribution in [1.82, 2.24) is 15.2 Å². The molecule has 5 rings (SSSR count). The van der Waals surface area contributed by atoms with Crippen LogP contribution in [0.1, 0.15) is 64.0 Å². The lowest BCUT2D eigenvalue weighted by Gasteiger charge is -2.67. The van der Waals surface area contributed by atoms with Crippen LogP contribution in [-0.4, -0.2) is 9.78 Å². The van der Waals surface area contributed by atoms with Crippen molar-refractivity contribution in [1.29, 1.82) is 0 Å². The molecule has 0 spiro atoms. The first-order valence-electron chi connectivity index (χ1n) is 8.30. The third kappa shape index (κ3) is 1.99. The molecule has 4 bridgehead atoms. The van der Waals surface area contributed by atoms with Crippen molar-refractivity contribution < 1.29 is 0 Å². The highest BCUT2D eigenvalue weighted by Gasteiger charge is 2.62. The summed E-state index contributed by atoms with van der Waals surface area (Å²) < 4.78 is 1.89. The Morgan fingerprint density at radius 1 is 1.24 bits per heavy atom. The molecule has 1 aromatic heterocycles. The van der Waals surface area contributed by atoms with E-state index >= 15 is 0 Å². The smallest absolute Gasteiger partial charge is 0.0547 e. The van der Waals surface area contributed by atoms with Crippen molar-refractivity contribution >= 4 is 0 Å². The average Bonchev–Trinajstić information content (AvgIpc) is 2.71. The van der Waals surface area contributed by atoms with Crippen LogP contribution >= 0.6 is 0 Å². The molecule has 21 heavy (non-hydrogen) atoms. The first-order valence-corrected chi connectivity index (χ1v) is 8.30. The van der Waals surface area contributed by atoms with Crippen molar-refractivity contribution in [3.63, 3.8) is 0 Å². The summed E-state index contributed by atoms with van der Waals surface area (Å²) in [6.07, 6.45) is 12.3. The van der Waals surface area contributed by atoms with Gasteiger partial charge in [0.15, 0.2) is 0 Å². The van der Waals surface area contributed by atoms with E-state index in [4.69, 9.17) is 5.84 Å². The van der Waals surface area contributed by atoms with Gasteiger partial charge in [0, 0.05) is 18.8 Å². The molecule has 4 heteroatoms. The monoisotopic (exact) mass is 288 g/mol. The number of aromatic nitrogens is 2. The standard InChI is InChI=1S/C17H28N4/c1-15-4-12-5-16(2,9-15)11-17(6-12,10-15)14(20-18)13-7-19-21(3)8-13/h7-8,12,14,20H,4-6,9-11,18H2,1-3H3. The Labute approximate surface area is 127 Å². The molecule has 1 aromatic rings. The van der Waals surface area contributed by atoms with Gasteiger partial charge in [-0.2, -0.15) is 5.10 Å². The van der Waals surface area contributed by atoms with E-state index in [9.17, 15) is 0 Å². The first-order chi connectivity index (χ1) is 9.85. The van der Waals surface area contributed by atoms with Crippen molar-refractivity contribution in [3.8, 4) is 0 Å². The van der Waals surface area contributed by atoms with E-state index in [1.807, 2.05) is 17.9 Å². The van der Waals surface area contributed by atoms with Gasteiger partial charge in [-0.3, -0.25) is 16.0 Å². The van der Waals surface area contributed by atoms with Gasteiger partial charge in [-0.25, -0.2) is 0 Å². The Balaban J connectivity index is 1.75. The van der Waals surface area contributed by atoms with Crippen LogP contribution in [0.5, 0.6) is 0 Å². The third-order valence-electron chi connectivity index (χ3n) is 6.51. The van der Waals surface area contributed by atoms with Crippen LogP contribution in [0.3, 0.4) is 0 Å². The zero-order chi connectivity index (χ0) is 14.9. The lowest BCUT2D eigenvalue weighted by Crippen LogP contribution is -2.59. The molecule has 0 radical (unpaired) electrons. The fraction of sp³-hybridized carbons (Fsp3) is 0.824. The summed E-state index contributed by atoms with van der Waals surface area (Å²) in [6, 6.07) is 0.244. The Morgan fingerprint density at radius 2 is 1.90 bits per heavy atom. The summed E-state index contributed by atoms with van der Waals surface area (Å²) in [4.78, 5) is 0. The van der Waals surface area contributed by atoms with E-state index in [1.54, 1.807) is 0 Å². The molecule has 0 saturated heterocycles. The highest BCUT2D eigenvalue weighted by Crippen LogP contribution is 2.72. The first kappa shape index (κ1) is 13.8. The molecule has 4 saturated carbocycles. The minimum Gasteiger partial charge on any atom is -0.275 e. The molecule has 0 amide bonds. The predicted molar refractivity (Wildman–Crippen MR) is 83.1 cm³/mol. The summed E-state index contributed by atoms with van der Waals surface area (Å²) in [7, 11) is 1.99. The van der Waals surface area contributed by atoms with E-state index < -0.39 is 0 Å². The molecule has 3 unspecified atom stereocenters. The summed E-state index contributed by atoms with van der Waals surface area (Å²) in [5.74, 6) is 6.93. The van der Waals surface area contributed by atoms with E-state index in [0.29, 0.717) is 16.2 Å². The van der Waals surface area contributed by atoms with Crippen molar-refractivity contribution in [2.45, 2.75) is 58.4 Å². The molecule has 4 nitrogen and oxygen atoms in total. The highest BCUT2D eigenvalue weighted by molar-refractivity contribution is 5.21. The van der Waals surface area contributed by atoms with Gasteiger partial charge >= 0.3 is 0 Å². The largest absolute Gasteiger partial charge is 0.275 e. The minimum atomic E-state index is 0.244. The van der Waals surface area contributed by atoms with Crippen molar-refractivity contribution in [2.24, 2.45) is 35.1 Å². The van der Waals surface area contributed by atoms with Gasteiger partial charge < -0.3 is 0 Å². The molecule has 3 N–H and O–H groups in total. The SMILES string of the molecule is Cn1cc(C(NN)C23CC4CC(C)(CC(C)(C4)C2)C3)cn1. The van der Waals surface area contributed by atoms with Crippen molar-refractivity contribution in [2.75, 3.05) is 0 Å². The summed E-state index contributed by atoms with van der Waals surface area (Å²) in [5, 5.41) is 4.37. The zero-order valence-electron chi connectivity index (χ0n) is 13.5. The average molecular weight is 288 g/mol. The van der Waals surface area contributed by atoms with Gasteiger partial charge in [0.05, 0.1) is 12.2 Å². The maximum Gasteiger partial charge on any atom is 0.0547 e. The molecule has 116 valence electrons. The second kappa shape index (κ2) is 4.11. The second-order valence-electron chi connectivity index (χ2n) is 9.04. The molecular weight excluding hydrogens is 260 g/mol. The highest BCUT2D eigenvalue weighted by atomic mass is 15.3. The lowest BCUT2D eigenvalue weighted by molar-refractivity contribution is -0.158. The maximum atomic E-state index is 6.03. The lowest BCUT2D eigenvalue weighted by atomic mass is 9.39. The maximum absolute atomic E-state index is 6.03. The van der Waals surface area contributed by atoms with Crippen LogP contribution < -0.4 is 11.3 Å². The van der Waals surface area contributed by atoms with Crippen LogP contribution in [-0.2, 0) is 7.05 Å². The molecule has 4 aliphatic carbocycles. The normalized spacial score (nSPS) is 46.0. The van der Waals surface area contributed by atoms with Crippen LogP contribution in [0.25, 0.3) is 0 Å². The summed E-state index contributed by atoms with van der Waals surface area (Å²) >= 11 is 0. The Kier molecular flexibility index (Phi) is 2.69. The van der Waals surface area contributed by atoms with Crippen LogP contribution in [0.2, 0.25) is 0 Å². The molecule has 0 aromatic carbocycles. The Morgan fingerprint density at radius 3 is 2.38 bits per heavy atom. The van der Waals surface area contributed by atoms with Gasteiger partial charge in [-0.05, 0) is 60.7 Å². The van der Waals surface area contributed by atoms with E-state index in [-0.39, 0.29) is 6.04 Å². The van der Waals surface area contributed by atoms with Crippen molar-refractivity contribution in [3.05, 3.63) is 18.0 Å². The number of hydrazine groups is 1. The van der Waals surface area contributed by atoms with Gasteiger partial charge in [0.25, 0.3) is 0 Å². The van der Waals surface area contributed by atoms with Crippen LogP contribution in [0.4, 0.5) is 0 Å². The van der Waals surface area contributed by atoms with Gasteiger partial charge in [0.2, 0.25) is 0 Å². The summed E-state index contributed by atoms with van der Waals surface area (Å²) in [6.45, 7) is 5.03. The molecule has 3 atom stereocenters. The number of nitrogens with one attached hydrogen (secondary N) is 1. The van der Waals surface area contributed by atoms with Gasteiger partial charge in [-0.1, -0.05) is 13.8 Å². The number of hydrogen-bond acceptors (Lipinski definition) is 3.